The maximum absolute atomic E-state index is 13.0. The quantitative estimate of drug-likeness (QED) is 0.493. The number of nitrogens with zero attached hydrogens (tertiary/aromatic N) is 1. The first-order valence-electron chi connectivity index (χ1n) is 6.57. The number of aromatic nitrogens is 2. The average molecular weight is 340 g/mol. The number of hydrogen-bond acceptors (Lipinski definition) is 3. The molecule has 0 saturated carbocycles. The van der Waals surface area contributed by atoms with Crippen LogP contribution in [-0.4, -0.2) is 16.4 Å². The van der Waals surface area contributed by atoms with E-state index in [9.17, 15) is 17.6 Å². The molecule has 2 aromatic heterocycles. The highest BCUT2D eigenvalue weighted by atomic mass is 19.4. The molecule has 0 aliphatic heterocycles. The van der Waals surface area contributed by atoms with Crippen LogP contribution in [0.1, 0.15) is 5.56 Å². The number of halogens is 4. The summed E-state index contributed by atoms with van der Waals surface area (Å²) in [5.74, 6) is -0.467. The second-order valence-electron chi connectivity index (χ2n) is 4.59. The molecule has 24 heavy (non-hydrogen) atoms. The Hall–Kier alpha value is -3.10. The van der Waals surface area contributed by atoms with E-state index in [2.05, 4.69) is 21.0 Å². The number of primary amides is 1. The highest BCUT2D eigenvalue weighted by Gasteiger charge is 2.29. The van der Waals surface area contributed by atoms with Crippen LogP contribution in [0.15, 0.2) is 42.7 Å². The van der Waals surface area contributed by atoms with Gasteiger partial charge >= 0.3 is 6.18 Å². The van der Waals surface area contributed by atoms with Gasteiger partial charge in [0, 0.05) is 18.0 Å². The van der Waals surface area contributed by atoms with Crippen LogP contribution in [0.25, 0.3) is 11.0 Å². The number of nitrogens with one attached hydrogen (secondary N) is 2. The van der Waals surface area contributed by atoms with Crippen molar-refractivity contribution >= 4 is 28.8 Å². The molecule has 0 spiro atoms. The number of carbonyl (C=O) groups excluding carboxylic acids is 1. The smallest absolute Gasteiger partial charge is 0.372 e. The Balaban J connectivity index is 0.000000647. The van der Waals surface area contributed by atoms with Gasteiger partial charge in [-0.15, -0.1) is 0 Å². The zero-order chi connectivity index (χ0) is 17.7. The Morgan fingerprint density at radius 1 is 1.21 bits per heavy atom. The molecule has 0 fully saturated rings. The van der Waals surface area contributed by atoms with Gasteiger partial charge in [0.05, 0.1) is 23.0 Å². The van der Waals surface area contributed by atoms with Crippen LogP contribution in [0.2, 0.25) is 0 Å². The SMILES string of the molecule is Fc1cnc2c(Nc3ccc(C(F)(F)F)cc3)c[nH]c2c1.NC=O. The number of aromatic amines is 1. The van der Waals surface area contributed by atoms with Crippen molar-refractivity contribution in [3.63, 3.8) is 0 Å². The molecule has 0 radical (unpaired) electrons. The molecule has 0 atom stereocenters. The van der Waals surface area contributed by atoms with Gasteiger partial charge in [0.25, 0.3) is 0 Å². The molecule has 1 amide bonds. The van der Waals surface area contributed by atoms with E-state index in [-0.39, 0.29) is 6.41 Å². The van der Waals surface area contributed by atoms with Crippen molar-refractivity contribution in [1.29, 1.82) is 0 Å². The third-order valence-electron chi connectivity index (χ3n) is 2.97. The monoisotopic (exact) mass is 340 g/mol. The minimum atomic E-state index is -4.36. The highest BCUT2D eigenvalue weighted by molar-refractivity contribution is 5.90. The summed E-state index contributed by atoms with van der Waals surface area (Å²) in [6.07, 6.45) is -1.46. The second kappa shape index (κ2) is 6.99. The van der Waals surface area contributed by atoms with Crippen LogP contribution >= 0.6 is 0 Å². The molecular formula is C15H12F4N4O. The van der Waals surface area contributed by atoms with Crippen LogP contribution in [0.3, 0.4) is 0 Å². The van der Waals surface area contributed by atoms with E-state index in [0.29, 0.717) is 22.4 Å². The van der Waals surface area contributed by atoms with E-state index < -0.39 is 17.6 Å². The van der Waals surface area contributed by atoms with Gasteiger partial charge in [-0.2, -0.15) is 13.2 Å². The average Bonchev–Trinajstić information content (AvgIpc) is 2.90. The lowest BCUT2D eigenvalue weighted by molar-refractivity contribution is -0.137. The van der Waals surface area contributed by atoms with Gasteiger partial charge in [-0.1, -0.05) is 0 Å². The lowest BCUT2D eigenvalue weighted by Gasteiger charge is -2.08. The van der Waals surface area contributed by atoms with E-state index in [1.165, 1.54) is 18.2 Å². The van der Waals surface area contributed by atoms with Crippen LogP contribution in [0, 0.1) is 5.82 Å². The number of alkyl halides is 3. The Kier molecular flexibility index (Phi) is 5.02. The number of anilines is 2. The number of pyridine rings is 1. The van der Waals surface area contributed by atoms with Crippen molar-refractivity contribution in [3.05, 3.63) is 54.1 Å². The topological polar surface area (TPSA) is 83.8 Å². The molecule has 0 aliphatic carbocycles. The molecule has 5 nitrogen and oxygen atoms in total. The number of hydrogen-bond donors (Lipinski definition) is 3. The number of benzene rings is 1. The maximum Gasteiger partial charge on any atom is 0.416 e. The molecule has 0 aliphatic rings. The number of H-pyrrole nitrogens is 1. The van der Waals surface area contributed by atoms with Gasteiger partial charge in [-0.25, -0.2) is 9.37 Å². The predicted molar refractivity (Wildman–Crippen MR) is 81.0 cm³/mol. The Morgan fingerprint density at radius 2 is 1.83 bits per heavy atom. The zero-order valence-corrected chi connectivity index (χ0v) is 12.1. The number of nitrogens with two attached hydrogens (primary N) is 1. The van der Waals surface area contributed by atoms with Crippen molar-refractivity contribution in [2.75, 3.05) is 5.32 Å². The standard InChI is InChI=1S/C14H9F4N3.CH3NO/c15-9-5-11-13(20-6-9)12(7-19-11)21-10-3-1-8(2-4-10)14(16,17)18;2-1-3/h1-7,19,21H;1H,(H2,2,3). The fourth-order valence-corrected chi connectivity index (χ4v) is 1.98. The third-order valence-corrected chi connectivity index (χ3v) is 2.97. The van der Waals surface area contributed by atoms with Gasteiger partial charge in [0.1, 0.15) is 11.3 Å². The summed E-state index contributed by atoms with van der Waals surface area (Å²) >= 11 is 0. The van der Waals surface area contributed by atoms with Crippen molar-refractivity contribution < 1.29 is 22.4 Å². The summed E-state index contributed by atoms with van der Waals surface area (Å²) in [4.78, 5) is 15.4. The van der Waals surface area contributed by atoms with Crippen LogP contribution in [0.5, 0.6) is 0 Å². The van der Waals surface area contributed by atoms with Crippen LogP contribution < -0.4 is 11.1 Å². The van der Waals surface area contributed by atoms with E-state index >= 15 is 0 Å². The van der Waals surface area contributed by atoms with Gasteiger partial charge < -0.3 is 16.0 Å². The molecule has 0 bridgehead atoms. The summed E-state index contributed by atoms with van der Waals surface area (Å²) < 4.78 is 50.4. The third kappa shape index (κ3) is 4.00. The van der Waals surface area contributed by atoms with E-state index in [0.717, 1.165) is 18.3 Å². The Morgan fingerprint density at radius 3 is 2.42 bits per heavy atom. The largest absolute Gasteiger partial charge is 0.416 e. The van der Waals surface area contributed by atoms with Crippen LogP contribution in [0.4, 0.5) is 28.9 Å². The second-order valence-corrected chi connectivity index (χ2v) is 4.59. The maximum atomic E-state index is 13.0. The van der Waals surface area contributed by atoms with Crippen LogP contribution in [-0.2, 0) is 11.0 Å². The van der Waals surface area contributed by atoms with Crippen molar-refractivity contribution in [1.82, 2.24) is 9.97 Å². The summed E-state index contributed by atoms with van der Waals surface area (Å²) in [6, 6.07) is 5.92. The lowest BCUT2D eigenvalue weighted by Crippen LogP contribution is -2.04. The molecule has 126 valence electrons. The van der Waals surface area contributed by atoms with Gasteiger partial charge in [-0.05, 0) is 24.3 Å². The molecule has 1 aromatic carbocycles. The normalized spacial score (nSPS) is 10.8. The van der Waals surface area contributed by atoms with E-state index in [4.69, 9.17) is 4.79 Å². The number of rotatable bonds is 2. The summed E-state index contributed by atoms with van der Waals surface area (Å²) in [7, 11) is 0. The van der Waals surface area contributed by atoms with Gasteiger partial charge in [0.2, 0.25) is 6.41 Å². The summed E-state index contributed by atoms with van der Waals surface area (Å²) in [6.45, 7) is 0. The van der Waals surface area contributed by atoms with Gasteiger partial charge in [0.15, 0.2) is 0 Å². The van der Waals surface area contributed by atoms with Crippen molar-refractivity contribution in [2.24, 2.45) is 5.73 Å². The van der Waals surface area contributed by atoms with E-state index in [1.54, 1.807) is 6.20 Å². The number of amides is 1. The van der Waals surface area contributed by atoms with Gasteiger partial charge in [-0.3, -0.25) is 4.79 Å². The molecule has 4 N–H and O–H groups in total. The summed E-state index contributed by atoms with van der Waals surface area (Å²) in [5.41, 5.74) is 5.51. The first-order chi connectivity index (χ1) is 11.3. The molecule has 9 heteroatoms. The molecule has 0 unspecified atom stereocenters. The fraction of sp³-hybridized carbons (Fsp3) is 0.0667. The predicted octanol–water partition coefficient (Wildman–Crippen LogP) is 3.57. The minimum absolute atomic E-state index is 0.250. The lowest BCUT2D eigenvalue weighted by atomic mass is 10.2. The van der Waals surface area contributed by atoms with Crippen molar-refractivity contribution in [3.8, 4) is 0 Å². The first kappa shape index (κ1) is 17.3. The van der Waals surface area contributed by atoms with Crippen molar-refractivity contribution in [2.45, 2.75) is 6.18 Å². The first-order valence-corrected chi connectivity index (χ1v) is 6.57. The molecule has 0 saturated heterocycles. The zero-order valence-electron chi connectivity index (χ0n) is 12.1. The summed E-state index contributed by atoms with van der Waals surface area (Å²) in [5, 5.41) is 2.94. The molecule has 3 rings (SSSR count). The molecule has 3 aromatic rings. The molecular weight excluding hydrogens is 328 g/mol. The Labute approximate surface area is 133 Å². The molecule has 2 heterocycles. The number of fused-ring (bicyclic) bond motifs is 1. The Bertz CT molecular complexity index is 828. The number of carbonyl (C=O) groups is 1. The van der Waals surface area contributed by atoms with E-state index in [1.807, 2.05) is 0 Å². The fourth-order valence-electron chi connectivity index (χ4n) is 1.98. The highest BCUT2D eigenvalue weighted by Crippen LogP contribution is 2.31. The minimum Gasteiger partial charge on any atom is -0.372 e.